The van der Waals surface area contributed by atoms with Gasteiger partial charge in [-0.15, -0.1) is 5.10 Å². The summed E-state index contributed by atoms with van der Waals surface area (Å²) in [6, 6.07) is 7.56. The van der Waals surface area contributed by atoms with Gasteiger partial charge in [-0.2, -0.15) is 10.4 Å². The zero-order valence-corrected chi connectivity index (χ0v) is 14.4. The second kappa shape index (κ2) is 6.77. The molecule has 2 N–H and O–H groups in total. The summed E-state index contributed by atoms with van der Waals surface area (Å²) >= 11 is 0. The summed E-state index contributed by atoms with van der Waals surface area (Å²) in [6.45, 7) is 5.68. The zero-order valence-electron chi connectivity index (χ0n) is 14.4. The van der Waals surface area contributed by atoms with Gasteiger partial charge < -0.3 is 15.4 Å². The summed E-state index contributed by atoms with van der Waals surface area (Å²) in [5.74, 6) is 0.829. The first-order valence-corrected chi connectivity index (χ1v) is 8.24. The van der Waals surface area contributed by atoms with E-state index in [1.807, 2.05) is 19.9 Å². The third-order valence-corrected chi connectivity index (χ3v) is 4.13. The van der Waals surface area contributed by atoms with Crippen LogP contribution in [0.25, 0.3) is 0 Å². The smallest absolute Gasteiger partial charge is 0.265 e. The Labute approximate surface area is 146 Å². The third-order valence-electron chi connectivity index (χ3n) is 4.13. The fourth-order valence-corrected chi connectivity index (χ4v) is 2.80. The van der Waals surface area contributed by atoms with E-state index in [2.05, 4.69) is 26.9 Å². The summed E-state index contributed by atoms with van der Waals surface area (Å²) in [6.07, 6.45) is 0.921. The second-order valence-electron chi connectivity index (χ2n) is 5.75. The Bertz CT molecular complexity index is 873. The van der Waals surface area contributed by atoms with Gasteiger partial charge in [0.1, 0.15) is 17.4 Å². The van der Waals surface area contributed by atoms with E-state index in [9.17, 15) is 10.1 Å². The SMILES string of the molecule is CCc1nnc(Nc2ccc3c(c2)NC(=O)C(C)O3)c(C#N)c1CC. The number of fused-ring (bicyclic) bond motifs is 1. The van der Waals surface area contributed by atoms with Crippen LogP contribution in [-0.2, 0) is 17.6 Å². The van der Waals surface area contributed by atoms with E-state index in [0.717, 1.165) is 17.7 Å². The molecule has 1 unspecified atom stereocenters. The van der Waals surface area contributed by atoms with E-state index in [1.165, 1.54) is 0 Å². The summed E-state index contributed by atoms with van der Waals surface area (Å²) in [5.41, 5.74) is 3.52. The molecule has 128 valence electrons. The molecule has 1 aromatic heterocycles. The van der Waals surface area contributed by atoms with Crippen molar-refractivity contribution in [3.05, 3.63) is 35.0 Å². The molecule has 0 saturated heterocycles. The molecule has 0 spiro atoms. The van der Waals surface area contributed by atoms with Gasteiger partial charge in [0.15, 0.2) is 11.9 Å². The molecule has 2 aromatic rings. The summed E-state index contributed by atoms with van der Waals surface area (Å²) in [7, 11) is 0. The molecule has 2 heterocycles. The minimum absolute atomic E-state index is 0.192. The van der Waals surface area contributed by atoms with Crippen molar-refractivity contribution in [2.24, 2.45) is 0 Å². The molecule has 1 aliphatic rings. The van der Waals surface area contributed by atoms with Crippen LogP contribution in [0.5, 0.6) is 5.75 Å². The van der Waals surface area contributed by atoms with Crippen LogP contribution >= 0.6 is 0 Å². The van der Waals surface area contributed by atoms with Crippen LogP contribution in [0, 0.1) is 11.3 Å². The van der Waals surface area contributed by atoms with Crippen molar-refractivity contribution in [2.75, 3.05) is 10.6 Å². The molecule has 25 heavy (non-hydrogen) atoms. The molecular weight excluding hydrogens is 318 g/mol. The number of carbonyl (C=O) groups is 1. The minimum Gasteiger partial charge on any atom is -0.479 e. The van der Waals surface area contributed by atoms with E-state index in [-0.39, 0.29) is 5.91 Å². The lowest BCUT2D eigenvalue weighted by Crippen LogP contribution is -2.34. The Kier molecular flexibility index (Phi) is 4.52. The van der Waals surface area contributed by atoms with E-state index in [4.69, 9.17) is 4.74 Å². The summed E-state index contributed by atoms with van der Waals surface area (Å²) in [4.78, 5) is 11.8. The Morgan fingerprint density at radius 2 is 2.12 bits per heavy atom. The predicted octanol–water partition coefficient (Wildman–Crippen LogP) is 2.94. The zero-order chi connectivity index (χ0) is 18.0. The maximum absolute atomic E-state index is 11.8. The monoisotopic (exact) mass is 337 g/mol. The maximum Gasteiger partial charge on any atom is 0.265 e. The maximum atomic E-state index is 11.8. The number of hydrogen-bond donors (Lipinski definition) is 2. The number of amides is 1. The lowest BCUT2D eigenvalue weighted by atomic mass is 10.0. The van der Waals surface area contributed by atoms with Gasteiger partial charge in [-0.3, -0.25) is 4.79 Å². The molecule has 1 amide bonds. The largest absolute Gasteiger partial charge is 0.479 e. The van der Waals surface area contributed by atoms with Crippen molar-refractivity contribution in [1.29, 1.82) is 5.26 Å². The highest BCUT2D eigenvalue weighted by Gasteiger charge is 2.23. The average molecular weight is 337 g/mol. The lowest BCUT2D eigenvalue weighted by molar-refractivity contribution is -0.122. The van der Waals surface area contributed by atoms with Crippen molar-refractivity contribution < 1.29 is 9.53 Å². The molecule has 0 bridgehead atoms. The van der Waals surface area contributed by atoms with Crippen LogP contribution in [0.4, 0.5) is 17.2 Å². The molecular formula is C18H19N5O2. The fraction of sp³-hybridized carbons (Fsp3) is 0.333. The van der Waals surface area contributed by atoms with Crippen LogP contribution in [0.3, 0.4) is 0 Å². The van der Waals surface area contributed by atoms with E-state index in [1.54, 1.807) is 19.1 Å². The number of nitrogens with zero attached hydrogens (tertiary/aromatic N) is 3. The first kappa shape index (κ1) is 16.7. The molecule has 0 saturated carbocycles. The van der Waals surface area contributed by atoms with Crippen molar-refractivity contribution in [3.8, 4) is 11.8 Å². The Morgan fingerprint density at radius 3 is 2.80 bits per heavy atom. The van der Waals surface area contributed by atoms with Crippen LogP contribution < -0.4 is 15.4 Å². The van der Waals surface area contributed by atoms with Gasteiger partial charge in [0.05, 0.1) is 11.4 Å². The molecule has 3 rings (SSSR count). The summed E-state index contributed by atoms with van der Waals surface area (Å²) in [5, 5.41) is 23.9. The number of ether oxygens (including phenoxy) is 1. The Balaban J connectivity index is 1.95. The Hall–Kier alpha value is -3.14. The van der Waals surface area contributed by atoms with Gasteiger partial charge in [-0.25, -0.2) is 0 Å². The first-order valence-electron chi connectivity index (χ1n) is 8.24. The molecule has 1 atom stereocenters. The number of aromatic nitrogens is 2. The van der Waals surface area contributed by atoms with Gasteiger partial charge in [0.25, 0.3) is 5.91 Å². The quantitative estimate of drug-likeness (QED) is 0.890. The van der Waals surface area contributed by atoms with Crippen molar-refractivity contribution in [2.45, 2.75) is 39.7 Å². The lowest BCUT2D eigenvalue weighted by Gasteiger charge is -2.23. The van der Waals surface area contributed by atoms with Crippen LogP contribution in [0.15, 0.2) is 18.2 Å². The number of rotatable bonds is 4. The number of carbonyl (C=O) groups excluding carboxylic acids is 1. The van der Waals surface area contributed by atoms with Crippen molar-refractivity contribution in [1.82, 2.24) is 10.2 Å². The standard InChI is InChI=1S/C18H19N5O2/c1-4-12-13(9-19)17(23-22-14(12)5-2)20-11-6-7-16-15(8-11)21-18(24)10(3)25-16/h6-8,10H,4-5H2,1-3H3,(H,20,23)(H,21,24). The van der Waals surface area contributed by atoms with E-state index < -0.39 is 6.10 Å². The Morgan fingerprint density at radius 1 is 1.32 bits per heavy atom. The molecule has 7 nitrogen and oxygen atoms in total. The molecule has 0 aliphatic carbocycles. The van der Waals surface area contributed by atoms with Gasteiger partial charge in [-0.1, -0.05) is 13.8 Å². The van der Waals surface area contributed by atoms with Crippen LogP contribution in [0.2, 0.25) is 0 Å². The average Bonchev–Trinajstić information content (AvgIpc) is 2.62. The summed E-state index contributed by atoms with van der Waals surface area (Å²) < 4.78 is 5.54. The van der Waals surface area contributed by atoms with Crippen LogP contribution in [-0.4, -0.2) is 22.2 Å². The van der Waals surface area contributed by atoms with Crippen LogP contribution in [0.1, 0.15) is 37.6 Å². The van der Waals surface area contributed by atoms with Gasteiger partial charge in [0, 0.05) is 5.69 Å². The fourth-order valence-electron chi connectivity index (χ4n) is 2.80. The van der Waals surface area contributed by atoms with Gasteiger partial charge in [-0.05, 0) is 43.5 Å². The van der Waals surface area contributed by atoms with E-state index >= 15 is 0 Å². The molecule has 7 heteroatoms. The minimum atomic E-state index is -0.518. The predicted molar refractivity (Wildman–Crippen MR) is 93.9 cm³/mol. The molecule has 1 aromatic carbocycles. The second-order valence-corrected chi connectivity index (χ2v) is 5.75. The molecule has 1 aliphatic heterocycles. The number of hydrogen-bond acceptors (Lipinski definition) is 6. The first-order chi connectivity index (χ1) is 12.1. The third kappa shape index (κ3) is 3.11. The van der Waals surface area contributed by atoms with Crippen molar-refractivity contribution in [3.63, 3.8) is 0 Å². The number of anilines is 3. The number of nitriles is 1. The van der Waals surface area contributed by atoms with Crippen molar-refractivity contribution >= 4 is 23.1 Å². The topological polar surface area (TPSA) is 99.9 Å². The number of nitrogens with one attached hydrogen (secondary N) is 2. The highest BCUT2D eigenvalue weighted by Crippen LogP contribution is 2.33. The van der Waals surface area contributed by atoms with Gasteiger partial charge in [0.2, 0.25) is 0 Å². The highest BCUT2D eigenvalue weighted by molar-refractivity contribution is 5.98. The molecule has 0 radical (unpaired) electrons. The highest BCUT2D eigenvalue weighted by atomic mass is 16.5. The van der Waals surface area contributed by atoms with Gasteiger partial charge >= 0.3 is 0 Å². The normalized spacial score (nSPS) is 15.6. The number of aryl methyl sites for hydroxylation is 1. The van der Waals surface area contributed by atoms with E-state index in [0.29, 0.717) is 34.9 Å². The molecule has 0 fully saturated rings. The number of benzene rings is 1.